The molecule has 4 N–H and O–H groups in total. The topological polar surface area (TPSA) is 158 Å². The minimum absolute atomic E-state index is 0.208. The molecule has 11 heteroatoms. The molecule has 0 atom stereocenters. The van der Waals surface area contributed by atoms with Gasteiger partial charge < -0.3 is 20.8 Å². The van der Waals surface area contributed by atoms with Gasteiger partial charge in [-0.05, 0) is 78.1 Å². The highest BCUT2D eigenvalue weighted by Gasteiger charge is 2.23. The van der Waals surface area contributed by atoms with Crippen LogP contribution >= 0.6 is 0 Å². The molecule has 3 aromatic carbocycles. The fourth-order valence-corrected chi connectivity index (χ4v) is 5.82. The lowest BCUT2D eigenvalue weighted by Gasteiger charge is -2.23. The predicted octanol–water partition coefficient (Wildman–Crippen LogP) is 4.18. The number of nitrogens with two attached hydrogens (primary N) is 1. The van der Waals surface area contributed by atoms with Crippen LogP contribution < -0.4 is 15.8 Å². The van der Waals surface area contributed by atoms with E-state index in [1.807, 2.05) is 43.3 Å². The Bertz CT molecular complexity index is 1890. The molecule has 1 aliphatic rings. The molecule has 5 rings (SSSR count). The van der Waals surface area contributed by atoms with Gasteiger partial charge in [0.15, 0.2) is 6.61 Å². The molecule has 1 aliphatic heterocycles. The number of H-pyrrole nitrogens is 1. The number of aromatic amines is 1. The molecule has 0 spiro atoms. The molecule has 0 saturated heterocycles. The number of rotatable bonds is 8. The number of nitriles is 1. The second-order valence-electron chi connectivity index (χ2n) is 10.0. The van der Waals surface area contributed by atoms with E-state index in [2.05, 4.69) is 10.3 Å². The first-order valence-corrected chi connectivity index (χ1v) is 15.0. The summed E-state index contributed by atoms with van der Waals surface area (Å²) in [5.74, 6) is -0.433. The number of carbonyl (C=O) groups is 2. The van der Waals surface area contributed by atoms with Crippen molar-refractivity contribution in [3.63, 3.8) is 0 Å². The Morgan fingerprint density at radius 2 is 1.88 bits per heavy atom. The smallest absolute Gasteiger partial charge is 0.262 e. The van der Waals surface area contributed by atoms with Crippen molar-refractivity contribution in [3.8, 4) is 22.9 Å². The SMILES string of the molecule is Cc1c(NC(=O)COc2ccc(C#N)cc2)cccc1-c1ccc(C(N)=O)c2[nH]c(C3=CCN(S(C)(=O)=O)CC3)cc12. The number of aromatic nitrogens is 1. The molecule has 42 heavy (non-hydrogen) atoms. The third kappa shape index (κ3) is 5.90. The third-order valence-electron chi connectivity index (χ3n) is 7.30. The number of anilines is 1. The molecule has 0 bridgehead atoms. The van der Waals surface area contributed by atoms with Gasteiger partial charge in [-0.3, -0.25) is 9.59 Å². The van der Waals surface area contributed by atoms with Gasteiger partial charge in [0.1, 0.15) is 5.75 Å². The number of fused-ring (bicyclic) bond motifs is 1. The monoisotopic (exact) mass is 583 g/mol. The summed E-state index contributed by atoms with van der Waals surface area (Å²) in [5.41, 5.74) is 12.0. The van der Waals surface area contributed by atoms with Gasteiger partial charge in [-0.15, -0.1) is 0 Å². The van der Waals surface area contributed by atoms with Crippen molar-refractivity contribution >= 4 is 44.0 Å². The quantitative estimate of drug-likeness (QED) is 0.282. The zero-order valence-corrected chi connectivity index (χ0v) is 23.9. The molecule has 0 unspecified atom stereocenters. The van der Waals surface area contributed by atoms with E-state index in [9.17, 15) is 18.0 Å². The summed E-state index contributed by atoms with van der Waals surface area (Å²) in [6.45, 7) is 2.33. The van der Waals surface area contributed by atoms with Gasteiger partial charge in [0.25, 0.3) is 11.8 Å². The molecule has 0 saturated carbocycles. The van der Waals surface area contributed by atoms with Crippen LogP contribution in [0, 0.1) is 18.3 Å². The highest BCUT2D eigenvalue weighted by molar-refractivity contribution is 7.88. The standard InChI is InChI=1S/C31H29N5O5S/c1-19-23(4-3-5-27(19)34-29(37)18-41-22-8-6-20(17-32)7-9-22)24-10-11-25(31(33)38)30-26(24)16-28(35-30)21-12-14-36(15-13-21)42(2,39)40/h3-12,16,35H,13-15,18H2,1-2H3,(H2,33,38)(H,34,37). The fraction of sp³-hybridized carbons (Fsp3) is 0.194. The van der Waals surface area contributed by atoms with E-state index in [1.165, 1.54) is 10.6 Å². The maximum atomic E-state index is 12.7. The number of primary amides is 1. The van der Waals surface area contributed by atoms with Crippen molar-refractivity contribution in [1.29, 1.82) is 5.26 Å². The predicted molar refractivity (Wildman–Crippen MR) is 161 cm³/mol. The van der Waals surface area contributed by atoms with Crippen LogP contribution in [0.15, 0.2) is 66.7 Å². The van der Waals surface area contributed by atoms with E-state index >= 15 is 0 Å². The highest BCUT2D eigenvalue weighted by atomic mass is 32.2. The number of nitrogens with one attached hydrogen (secondary N) is 2. The molecule has 0 aliphatic carbocycles. The molecule has 214 valence electrons. The second kappa shape index (κ2) is 11.5. The second-order valence-corrected chi connectivity index (χ2v) is 12.0. The number of hydrogen-bond donors (Lipinski definition) is 3. The Hall–Kier alpha value is -4.92. The fourth-order valence-electron chi connectivity index (χ4n) is 5.05. The molecule has 2 heterocycles. The lowest BCUT2D eigenvalue weighted by atomic mass is 9.94. The van der Waals surface area contributed by atoms with Gasteiger partial charge in [0.2, 0.25) is 10.0 Å². The number of sulfonamides is 1. The highest BCUT2D eigenvalue weighted by Crippen LogP contribution is 2.37. The van der Waals surface area contributed by atoms with Gasteiger partial charge >= 0.3 is 0 Å². The van der Waals surface area contributed by atoms with E-state index in [4.69, 9.17) is 15.7 Å². The van der Waals surface area contributed by atoms with Crippen molar-refractivity contribution in [2.75, 3.05) is 31.3 Å². The number of carbonyl (C=O) groups excluding carboxylic acids is 2. The van der Waals surface area contributed by atoms with Crippen molar-refractivity contribution in [2.24, 2.45) is 5.73 Å². The van der Waals surface area contributed by atoms with Gasteiger partial charge in [-0.2, -0.15) is 9.57 Å². The van der Waals surface area contributed by atoms with Crippen LogP contribution in [-0.2, 0) is 14.8 Å². The Labute approximate surface area is 243 Å². The van der Waals surface area contributed by atoms with Gasteiger partial charge in [0.05, 0.1) is 29.0 Å². The number of amides is 2. The first kappa shape index (κ1) is 28.6. The van der Waals surface area contributed by atoms with Gasteiger partial charge in [-0.25, -0.2) is 8.42 Å². The van der Waals surface area contributed by atoms with Crippen LogP contribution in [-0.4, -0.2) is 55.5 Å². The maximum absolute atomic E-state index is 12.7. The molecule has 0 radical (unpaired) electrons. The lowest BCUT2D eigenvalue weighted by Crippen LogP contribution is -2.33. The summed E-state index contributed by atoms with van der Waals surface area (Å²) in [5, 5.41) is 12.6. The third-order valence-corrected chi connectivity index (χ3v) is 8.57. The summed E-state index contributed by atoms with van der Waals surface area (Å²) in [7, 11) is -3.29. The summed E-state index contributed by atoms with van der Waals surface area (Å²) < 4.78 is 30.8. The number of nitrogens with zero attached hydrogens (tertiary/aromatic N) is 2. The summed E-state index contributed by atoms with van der Waals surface area (Å²) in [4.78, 5) is 28.3. The molecule has 10 nitrogen and oxygen atoms in total. The van der Waals surface area contributed by atoms with Crippen molar-refractivity contribution in [3.05, 3.63) is 89.1 Å². The van der Waals surface area contributed by atoms with E-state index < -0.39 is 15.9 Å². The van der Waals surface area contributed by atoms with Gasteiger partial charge in [-0.1, -0.05) is 24.3 Å². The molecular weight excluding hydrogens is 554 g/mol. The van der Waals surface area contributed by atoms with Crippen LogP contribution in [0.1, 0.15) is 33.6 Å². The number of ether oxygens (including phenoxy) is 1. The van der Waals surface area contributed by atoms with Crippen molar-refractivity contribution in [2.45, 2.75) is 13.3 Å². The summed E-state index contributed by atoms with van der Waals surface area (Å²) in [6.07, 6.45) is 3.59. The van der Waals surface area contributed by atoms with Crippen LogP contribution in [0.5, 0.6) is 5.75 Å². The Morgan fingerprint density at radius 3 is 2.52 bits per heavy atom. The molecule has 0 fully saturated rings. The largest absolute Gasteiger partial charge is 0.484 e. The van der Waals surface area contributed by atoms with Crippen LogP contribution in [0.25, 0.3) is 27.6 Å². The van der Waals surface area contributed by atoms with Crippen LogP contribution in [0.2, 0.25) is 0 Å². The number of benzene rings is 3. The first-order valence-electron chi connectivity index (χ1n) is 13.2. The Kier molecular flexibility index (Phi) is 7.85. The van der Waals surface area contributed by atoms with E-state index in [0.29, 0.717) is 41.0 Å². The molecule has 1 aromatic heterocycles. The minimum atomic E-state index is -3.29. The minimum Gasteiger partial charge on any atom is -0.484 e. The normalized spacial score (nSPS) is 13.8. The average molecular weight is 584 g/mol. The van der Waals surface area contributed by atoms with Crippen LogP contribution in [0.4, 0.5) is 5.69 Å². The van der Waals surface area contributed by atoms with Crippen LogP contribution in [0.3, 0.4) is 0 Å². The number of hydrogen-bond acceptors (Lipinski definition) is 6. The maximum Gasteiger partial charge on any atom is 0.262 e. The average Bonchev–Trinajstić information content (AvgIpc) is 3.42. The van der Waals surface area contributed by atoms with E-state index in [0.717, 1.165) is 33.3 Å². The lowest BCUT2D eigenvalue weighted by molar-refractivity contribution is -0.118. The van der Waals surface area contributed by atoms with Gasteiger partial charge in [0, 0.05) is 29.9 Å². The Balaban J connectivity index is 1.44. The Morgan fingerprint density at radius 1 is 1.12 bits per heavy atom. The molecule has 4 aromatic rings. The molecule has 2 amide bonds. The zero-order valence-electron chi connectivity index (χ0n) is 23.1. The van der Waals surface area contributed by atoms with Crippen molar-refractivity contribution in [1.82, 2.24) is 9.29 Å². The zero-order chi connectivity index (χ0) is 30.0. The first-order chi connectivity index (χ1) is 20.0. The van der Waals surface area contributed by atoms with E-state index in [1.54, 1.807) is 36.4 Å². The van der Waals surface area contributed by atoms with Crippen molar-refractivity contribution < 1.29 is 22.7 Å². The molecular formula is C31H29N5O5S. The summed E-state index contributed by atoms with van der Waals surface area (Å²) in [6, 6.07) is 19.6. The van der Waals surface area contributed by atoms with E-state index in [-0.39, 0.29) is 19.1 Å². The summed E-state index contributed by atoms with van der Waals surface area (Å²) >= 11 is 0.